The van der Waals surface area contributed by atoms with Gasteiger partial charge >= 0.3 is 5.97 Å². The molecule has 0 radical (unpaired) electrons. The Balaban J connectivity index is 2.04. The second kappa shape index (κ2) is 10.5. The Labute approximate surface area is 209 Å². The number of rotatable bonds is 9. The van der Waals surface area contributed by atoms with Crippen molar-refractivity contribution >= 4 is 34.3 Å². The van der Waals surface area contributed by atoms with Crippen LogP contribution in [0.4, 0.5) is 5.95 Å². The van der Waals surface area contributed by atoms with Crippen molar-refractivity contribution in [1.29, 1.82) is 0 Å². The molecule has 9 heteroatoms. The van der Waals surface area contributed by atoms with E-state index in [-0.39, 0.29) is 24.1 Å². The van der Waals surface area contributed by atoms with Gasteiger partial charge in [0.05, 0.1) is 36.2 Å². The van der Waals surface area contributed by atoms with Gasteiger partial charge in [0.1, 0.15) is 5.75 Å². The molecule has 186 valence electrons. The number of nitrogens with zero attached hydrogens (tertiary/aromatic N) is 4. The topological polar surface area (TPSA) is 98.1 Å². The van der Waals surface area contributed by atoms with Crippen molar-refractivity contribution in [2.45, 2.75) is 19.9 Å². The molecule has 0 aliphatic carbocycles. The van der Waals surface area contributed by atoms with E-state index in [2.05, 4.69) is 15.3 Å². The highest BCUT2D eigenvalue weighted by Gasteiger charge is 2.26. The number of esters is 1. The number of aromatic nitrogens is 3. The van der Waals surface area contributed by atoms with E-state index in [1.807, 2.05) is 51.4 Å². The average molecular weight is 488 g/mol. The molecule has 1 N–H and O–H groups in total. The molecule has 4 rings (SSSR count). The number of hydrogen-bond donors (Lipinski definition) is 1. The van der Waals surface area contributed by atoms with E-state index in [1.165, 1.54) is 6.08 Å². The van der Waals surface area contributed by atoms with Gasteiger partial charge < -0.3 is 19.7 Å². The first-order valence-corrected chi connectivity index (χ1v) is 11.6. The van der Waals surface area contributed by atoms with Crippen LogP contribution in [0.3, 0.4) is 0 Å². The summed E-state index contributed by atoms with van der Waals surface area (Å²) in [5, 5.41) is 3.93. The lowest BCUT2D eigenvalue weighted by Crippen LogP contribution is -2.15. The maximum atomic E-state index is 13.5. The van der Waals surface area contributed by atoms with Crippen LogP contribution < -0.4 is 10.1 Å². The number of pyridine rings is 1. The minimum atomic E-state index is -0.581. The van der Waals surface area contributed by atoms with Gasteiger partial charge in [-0.25, -0.2) is 14.8 Å². The molecule has 3 heterocycles. The predicted octanol–water partition coefficient (Wildman–Crippen LogP) is 4.50. The lowest BCUT2D eigenvalue weighted by molar-refractivity contribution is 0.0519. The fourth-order valence-corrected chi connectivity index (χ4v) is 4.01. The Bertz CT molecular complexity index is 1440. The number of hydrogen-bond acceptors (Lipinski definition) is 8. The average Bonchev–Trinajstić information content (AvgIpc) is 3.22. The van der Waals surface area contributed by atoms with Crippen molar-refractivity contribution < 1.29 is 19.1 Å². The number of fused-ring (bicyclic) bond motifs is 3. The van der Waals surface area contributed by atoms with Gasteiger partial charge in [0.2, 0.25) is 5.95 Å². The first-order valence-electron chi connectivity index (χ1n) is 11.6. The molecule has 0 bridgehead atoms. The molecule has 4 aromatic rings. The van der Waals surface area contributed by atoms with Crippen LogP contribution >= 0.6 is 0 Å². The first kappa shape index (κ1) is 24.7. The van der Waals surface area contributed by atoms with Crippen molar-refractivity contribution in [3.8, 4) is 5.75 Å². The maximum Gasteiger partial charge on any atom is 0.357 e. The minimum Gasteiger partial charge on any atom is -0.496 e. The first-order chi connectivity index (χ1) is 17.3. The van der Waals surface area contributed by atoms with Crippen LogP contribution in [-0.2, 0) is 4.74 Å². The van der Waals surface area contributed by atoms with Crippen LogP contribution in [0, 0.1) is 0 Å². The number of benzene rings is 1. The van der Waals surface area contributed by atoms with Crippen molar-refractivity contribution in [1.82, 2.24) is 19.3 Å². The number of carbonyl (C=O) groups is 2. The van der Waals surface area contributed by atoms with Crippen LogP contribution in [0.1, 0.15) is 46.3 Å². The molecule has 1 aromatic carbocycles. The Kier molecular flexibility index (Phi) is 7.19. The number of anilines is 1. The monoisotopic (exact) mass is 487 g/mol. The van der Waals surface area contributed by atoms with Gasteiger partial charge in [0, 0.05) is 32.6 Å². The summed E-state index contributed by atoms with van der Waals surface area (Å²) in [5.41, 5.74) is 2.42. The zero-order chi connectivity index (χ0) is 25.8. The number of ketones is 1. The molecule has 0 unspecified atom stereocenters. The Morgan fingerprint density at radius 3 is 2.61 bits per heavy atom. The third-order valence-electron chi connectivity index (χ3n) is 5.68. The molecular formula is C27H29N5O4. The third-order valence-corrected chi connectivity index (χ3v) is 5.68. The molecule has 36 heavy (non-hydrogen) atoms. The quantitative estimate of drug-likeness (QED) is 0.209. The Hall–Kier alpha value is -4.40. The van der Waals surface area contributed by atoms with Gasteiger partial charge in [-0.3, -0.25) is 9.20 Å². The van der Waals surface area contributed by atoms with Gasteiger partial charge in [-0.1, -0.05) is 30.3 Å². The Morgan fingerprint density at radius 2 is 1.94 bits per heavy atom. The highest BCUT2D eigenvalue weighted by molar-refractivity contribution is 6.20. The van der Waals surface area contributed by atoms with Gasteiger partial charge in [0.15, 0.2) is 17.1 Å². The number of allylic oxidation sites excluding steroid dienone is 1. The molecule has 3 aromatic heterocycles. The predicted molar refractivity (Wildman–Crippen MR) is 139 cm³/mol. The molecule has 0 amide bonds. The van der Waals surface area contributed by atoms with E-state index in [1.54, 1.807) is 47.9 Å². The molecule has 0 aliphatic rings. The summed E-state index contributed by atoms with van der Waals surface area (Å²) < 4.78 is 12.6. The smallest absolute Gasteiger partial charge is 0.357 e. The summed E-state index contributed by atoms with van der Waals surface area (Å²) >= 11 is 0. The van der Waals surface area contributed by atoms with E-state index in [0.29, 0.717) is 33.8 Å². The second-order valence-corrected chi connectivity index (χ2v) is 8.41. The molecule has 1 atom stereocenters. The SMILES string of the molecule is CCOC(=O)c1cc2c(C(=O)/C=C/N(C)C)c3c(OC)ccnc3n2c(N[C@@H](C)c2ccccc2)n1. The summed E-state index contributed by atoms with van der Waals surface area (Å²) in [6, 6.07) is 13.0. The zero-order valence-electron chi connectivity index (χ0n) is 21.0. The van der Waals surface area contributed by atoms with Crippen molar-refractivity contribution in [2.24, 2.45) is 0 Å². The number of nitrogens with one attached hydrogen (secondary N) is 1. The number of methoxy groups -OCH3 is 1. The van der Waals surface area contributed by atoms with E-state index in [9.17, 15) is 9.59 Å². The lowest BCUT2D eigenvalue weighted by atomic mass is 10.1. The Morgan fingerprint density at radius 1 is 1.19 bits per heavy atom. The van der Waals surface area contributed by atoms with Crippen molar-refractivity contribution in [3.05, 3.63) is 77.8 Å². The fraction of sp³-hybridized carbons (Fsp3) is 0.259. The summed E-state index contributed by atoms with van der Waals surface area (Å²) in [6.45, 7) is 3.92. The van der Waals surface area contributed by atoms with E-state index < -0.39 is 5.97 Å². The third kappa shape index (κ3) is 4.72. The van der Waals surface area contributed by atoms with Crippen LogP contribution in [-0.4, -0.2) is 58.8 Å². The summed E-state index contributed by atoms with van der Waals surface area (Å²) in [4.78, 5) is 37.2. The summed E-state index contributed by atoms with van der Waals surface area (Å²) in [6.07, 6.45) is 4.76. The number of ether oxygens (including phenoxy) is 2. The van der Waals surface area contributed by atoms with E-state index >= 15 is 0 Å². The maximum absolute atomic E-state index is 13.5. The largest absolute Gasteiger partial charge is 0.496 e. The highest BCUT2D eigenvalue weighted by Crippen LogP contribution is 2.36. The van der Waals surface area contributed by atoms with Gasteiger partial charge in [-0.2, -0.15) is 0 Å². The number of carbonyl (C=O) groups excluding carboxylic acids is 2. The standard InChI is InChI=1S/C27H29N5O4/c1-6-36-26(34)19-16-20-23(21(33)13-15-31(3)4)24-22(35-5)12-14-28-25(24)32(20)27(30-19)29-17(2)18-10-8-7-9-11-18/h7-17H,6H2,1-5H3,(H,29,30)/b15-13+/t17-/m0/s1. The van der Waals surface area contributed by atoms with Gasteiger partial charge in [0.25, 0.3) is 0 Å². The van der Waals surface area contributed by atoms with Crippen molar-refractivity contribution in [2.75, 3.05) is 33.1 Å². The zero-order valence-corrected chi connectivity index (χ0v) is 21.0. The minimum absolute atomic E-state index is 0.0829. The van der Waals surface area contributed by atoms with Crippen molar-refractivity contribution in [3.63, 3.8) is 0 Å². The molecule has 9 nitrogen and oxygen atoms in total. The normalized spacial score (nSPS) is 12.1. The lowest BCUT2D eigenvalue weighted by Gasteiger charge is -2.17. The molecule has 0 spiro atoms. The molecule has 0 aliphatic heterocycles. The van der Waals surface area contributed by atoms with Crippen LogP contribution in [0.2, 0.25) is 0 Å². The summed E-state index contributed by atoms with van der Waals surface area (Å²) in [7, 11) is 5.20. The van der Waals surface area contributed by atoms with E-state index in [4.69, 9.17) is 9.47 Å². The fourth-order valence-electron chi connectivity index (χ4n) is 4.01. The molecule has 0 fully saturated rings. The van der Waals surface area contributed by atoms with Crippen LogP contribution in [0.15, 0.2) is 60.9 Å². The second-order valence-electron chi connectivity index (χ2n) is 8.41. The molecule has 0 saturated carbocycles. The molecular weight excluding hydrogens is 458 g/mol. The van der Waals surface area contributed by atoms with Crippen LogP contribution in [0.5, 0.6) is 5.75 Å². The molecule has 0 saturated heterocycles. The van der Waals surface area contributed by atoms with Crippen LogP contribution in [0.25, 0.3) is 16.6 Å². The highest BCUT2D eigenvalue weighted by atomic mass is 16.5. The van der Waals surface area contributed by atoms with E-state index in [0.717, 1.165) is 5.56 Å². The van der Waals surface area contributed by atoms with Gasteiger partial charge in [-0.05, 0) is 31.5 Å². The van der Waals surface area contributed by atoms with Gasteiger partial charge in [-0.15, -0.1) is 0 Å². The summed E-state index contributed by atoms with van der Waals surface area (Å²) in [5.74, 6) is 0.00624.